The Bertz CT molecular complexity index is 871. The summed E-state index contributed by atoms with van der Waals surface area (Å²) in [4.78, 5) is 7.44. The highest BCUT2D eigenvalue weighted by atomic mass is 32.2. The largest absolute Gasteiger partial charge is 0.496 e. The van der Waals surface area contributed by atoms with Crippen LogP contribution < -0.4 is 4.74 Å². The average Bonchev–Trinajstić information content (AvgIpc) is 3.09. The number of nitrogens with zero attached hydrogens (tertiary/aromatic N) is 1. The van der Waals surface area contributed by atoms with E-state index in [1.165, 1.54) is 15.3 Å². The maximum Gasteiger partial charge on any atom is 0.123 e. The molecule has 4 rings (SSSR count). The van der Waals surface area contributed by atoms with Crippen LogP contribution in [0.5, 0.6) is 5.75 Å². The van der Waals surface area contributed by atoms with Crippen LogP contribution in [0.25, 0.3) is 0 Å². The summed E-state index contributed by atoms with van der Waals surface area (Å²) in [6.07, 6.45) is 0.889. The molecule has 1 atom stereocenters. The summed E-state index contributed by atoms with van der Waals surface area (Å²) in [5.74, 6) is 0.944. The molecule has 2 heterocycles. The minimum absolute atomic E-state index is 0.283. The van der Waals surface area contributed by atoms with Crippen molar-refractivity contribution in [2.24, 2.45) is 4.99 Å². The molecular weight excluding hydrogens is 334 g/mol. The van der Waals surface area contributed by atoms with E-state index in [4.69, 9.17) is 9.73 Å². The molecule has 0 saturated carbocycles. The molecule has 0 unspecified atom stereocenters. The van der Waals surface area contributed by atoms with Crippen LogP contribution in [0, 0.1) is 0 Å². The fraction of sp³-hybridized carbons (Fsp3) is 0.150. The first-order valence-corrected chi connectivity index (χ1v) is 9.61. The minimum Gasteiger partial charge on any atom is -0.496 e. The first kappa shape index (κ1) is 15.5. The molecule has 0 amide bonds. The monoisotopic (exact) mass is 351 g/mol. The molecule has 1 aliphatic heterocycles. The molecule has 1 aliphatic rings. The van der Waals surface area contributed by atoms with Crippen molar-refractivity contribution in [3.8, 4) is 5.75 Å². The van der Waals surface area contributed by atoms with Gasteiger partial charge in [0.2, 0.25) is 0 Å². The van der Waals surface area contributed by atoms with Crippen LogP contribution in [0.4, 0.5) is 5.69 Å². The van der Waals surface area contributed by atoms with E-state index in [1.54, 1.807) is 18.4 Å². The van der Waals surface area contributed by atoms with E-state index in [-0.39, 0.29) is 5.25 Å². The Labute approximate surface area is 150 Å². The molecule has 0 bridgehead atoms. The SMILES string of the molecule is COc1ccccc1[C@H]1CC(c2cccs2)=Nc2ccccc2S1. The van der Waals surface area contributed by atoms with E-state index in [1.807, 2.05) is 23.9 Å². The Morgan fingerprint density at radius 2 is 1.83 bits per heavy atom. The average molecular weight is 351 g/mol. The van der Waals surface area contributed by atoms with E-state index >= 15 is 0 Å². The first-order valence-electron chi connectivity index (χ1n) is 7.85. The van der Waals surface area contributed by atoms with Gasteiger partial charge in [0.15, 0.2) is 0 Å². The summed E-state index contributed by atoms with van der Waals surface area (Å²) >= 11 is 3.62. The van der Waals surface area contributed by atoms with E-state index in [0.717, 1.165) is 23.6 Å². The van der Waals surface area contributed by atoms with Crippen molar-refractivity contribution < 1.29 is 4.74 Å². The van der Waals surface area contributed by atoms with Crippen LogP contribution in [0.3, 0.4) is 0 Å². The molecule has 2 aromatic carbocycles. The van der Waals surface area contributed by atoms with Crippen LogP contribution in [0.2, 0.25) is 0 Å². The van der Waals surface area contributed by atoms with Gasteiger partial charge in [0.1, 0.15) is 5.75 Å². The van der Waals surface area contributed by atoms with Gasteiger partial charge in [-0.15, -0.1) is 23.1 Å². The number of aliphatic imine (C=N–C) groups is 1. The van der Waals surface area contributed by atoms with Crippen LogP contribution in [-0.4, -0.2) is 12.8 Å². The van der Waals surface area contributed by atoms with Crippen LogP contribution in [0.1, 0.15) is 22.1 Å². The molecule has 0 aliphatic carbocycles. The molecule has 3 aromatic rings. The number of hydrogen-bond donors (Lipinski definition) is 0. The molecule has 1 aromatic heterocycles. The normalized spacial score (nSPS) is 16.9. The summed E-state index contributed by atoms with van der Waals surface area (Å²) < 4.78 is 5.60. The number of hydrogen-bond acceptors (Lipinski definition) is 4. The number of ether oxygens (including phenoxy) is 1. The number of fused-ring (bicyclic) bond motifs is 1. The fourth-order valence-electron chi connectivity index (χ4n) is 2.92. The molecule has 0 spiro atoms. The van der Waals surface area contributed by atoms with Gasteiger partial charge in [-0.25, -0.2) is 0 Å². The van der Waals surface area contributed by atoms with Gasteiger partial charge in [-0.3, -0.25) is 4.99 Å². The first-order chi connectivity index (χ1) is 11.8. The number of methoxy groups -OCH3 is 1. The van der Waals surface area contributed by atoms with Crippen molar-refractivity contribution in [3.63, 3.8) is 0 Å². The van der Waals surface area contributed by atoms with E-state index in [0.29, 0.717) is 0 Å². The molecule has 4 heteroatoms. The predicted octanol–water partition coefficient (Wildman–Crippen LogP) is 6.11. The quantitative estimate of drug-likeness (QED) is 0.567. The Balaban J connectivity index is 1.82. The minimum atomic E-state index is 0.283. The topological polar surface area (TPSA) is 21.6 Å². The maximum atomic E-state index is 5.60. The third-order valence-electron chi connectivity index (χ3n) is 4.06. The third kappa shape index (κ3) is 2.99. The fourth-order valence-corrected chi connectivity index (χ4v) is 4.90. The van der Waals surface area contributed by atoms with Gasteiger partial charge >= 0.3 is 0 Å². The van der Waals surface area contributed by atoms with Gasteiger partial charge in [-0.2, -0.15) is 0 Å². The van der Waals surface area contributed by atoms with Crippen molar-refractivity contribution >= 4 is 34.5 Å². The molecule has 0 N–H and O–H groups in total. The Morgan fingerprint density at radius 3 is 2.67 bits per heavy atom. The summed E-state index contributed by atoms with van der Waals surface area (Å²) in [5.41, 5.74) is 3.44. The van der Waals surface area contributed by atoms with Crippen molar-refractivity contribution in [3.05, 3.63) is 76.5 Å². The van der Waals surface area contributed by atoms with Gasteiger partial charge in [0, 0.05) is 27.0 Å². The highest BCUT2D eigenvalue weighted by Crippen LogP contribution is 2.47. The Morgan fingerprint density at radius 1 is 1.00 bits per heavy atom. The van der Waals surface area contributed by atoms with Crippen molar-refractivity contribution in [2.45, 2.75) is 16.6 Å². The zero-order valence-electron chi connectivity index (χ0n) is 13.3. The summed E-state index contributed by atoms with van der Waals surface area (Å²) in [5, 5.41) is 2.39. The number of para-hydroxylation sites is 2. The lowest BCUT2D eigenvalue weighted by molar-refractivity contribution is 0.409. The van der Waals surface area contributed by atoms with Crippen LogP contribution in [0.15, 0.2) is 75.9 Å². The van der Waals surface area contributed by atoms with E-state index < -0.39 is 0 Å². The van der Waals surface area contributed by atoms with Crippen molar-refractivity contribution in [2.75, 3.05) is 7.11 Å². The summed E-state index contributed by atoms with van der Waals surface area (Å²) in [6, 6.07) is 20.9. The van der Waals surface area contributed by atoms with E-state index in [2.05, 4.69) is 53.9 Å². The van der Waals surface area contributed by atoms with Gasteiger partial charge in [-0.1, -0.05) is 36.4 Å². The lowest BCUT2D eigenvalue weighted by atomic mass is 10.0. The highest BCUT2D eigenvalue weighted by molar-refractivity contribution is 7.99. The predicted molar refractivity (Wildman–Crippen MR) is 103 cm³/mol. The number of thioether (sulfide) groups is 1. The number of benzene rings is 2. The maximum absolute atomic E-state index is 5.60. The van der Waals surface area contributed by atoms with Crippen molar-refractivity contribution in [1.29, 1.82) is 0 Å². The van der Waals surface area contributed by atoms with Crippen molar-refractivity contribution in [1.82, 2.24) is 0 Å². The van der Waals surface area contributed by atoms with Crippen LogP contribution in [-0.2, 0) is 0 Å². The van der Waals surface area contributed by atoms with Gasteiger partial charge in [-0.05, 0) is 29.6 Å². The molecule has 0 fully saturated rings. The third-order valence-corrected chi connectivity index (χ3v) is 6.28. The summed E-state index contributed by atoms with van der Waals surface area (Å²) in [7, 11) is 1.74. The van der Waals surface area contributed by atoms with E-state index in [9.17, 15) is 0 Å². The van der Waals surface area contributed by atoms with Gasteiger partial charge in [0.25, 0.3) is 0 Å². The molecular formula is C20H17NOS2. The Hall–Kier alpha value is -2.04. The second-order valence-electron chi connectivity index (χ2n) is 5.56. The van der Waals surface area contributed by atoms with Gasteiger partial charge < -0.3 is 4.74 Å². The standard InChI is InChI=1S/C20H17NOS2/c1-22-17-9-4-2-7-14(17)20-13-16(18-11-6-12-23-18)21-15-8-3-5-10-19(15)24-20/h2-12,20H,13H2,1H3/t20-/m1/s1. The molecule has 24 heavy (non-hydrogen) atoms. The summed E-state index contributed by atoms with van der Waals surface area (Å²) in [6.45, 7) is 0. The zero-order valence-corrected chi connectivity index (χ0v) is 14.9. The zero-order chi connectivity index (χ0) is 16.4. The number of rotatable bonds is 3. The smallest absolute Gasteiger partial charge is 0.123 e. The lowest BCUT2D eigenvalue weighted by Gasteiger charge is -2.18. The molecule has 0 saturated heterocycles. The molecule has 2 nitrogen and oxygen atoms in total. The Kier molecular flexibility index (Phi) is 4.41. The molecule has 0 radical (unpaired) electrons. The second-order valence-corrected chi connectivity index (χ2v) is 7.75. The lowest BCUT2D eigenvalue weighted by Crippen LogP contribution is -2.05. The second kappa shape index (κ2) is 6.83. The number of thiophene rings is 1. The van der Waals surface area contributed by atoms with Crippen LogP contribution >= 0.6 is 23.1 Å². The van der Waals surface area contributed by atoms with Gasteiger partial charge in [0.05, 0.1) is 18.5 Å². The highest BCUT2D eigenvalue weighted by Gasteiger charge is 2.24. The molecule has 120 valence electrons.